The summed E-state index contributed by atoms with van der Waals surface area (Å²) in [5, 5.41) is 42.1. The van der Waals surface area contributed by atoms with Crippen LogP contribution in [0.5, 0.6) is 0 Å². The molecule has 0 spiro atoms. The summed E-state index contributed by atoms with van der Waals surface area (Å²) in [4.78, 5) is 44.0. The summed E-state index contributed by atoms with van der Waals surface area (Å²) in [6.07, 6.45) is 0. The molecule has 0 fully saturated rings. The van der Waals surface area contributed by atoms with Gasteiger partial charge >= 0.3 is 46.1 Å². The summed E-state index contributed by atoms with van der Waals surface area (Å²) in [5.41, 5.74) is 0. The Bertz CT molecular complexity index is 389. The molecule has 0 radical (unpaired) electrons. The van der Waals surface area contributed by atoms with Crippen LogP contribution in [0.4, 0.5) is 0 Å². The molecule has 1 unspecified atom stereocenters. The van der Waals surface area contributed by atoms with Crippen molar-refractivity contribution in [3.05, 3.63) is 0 Å². The average molecular weight is 351 g/mol. The van der Waals surface area contributed by atoms with Crippen molar-refractivity contribution < 1.29 is 39.6 Å². The smallest absolute Gasteiger partial charge is 0.549 e. The fourth-order valence-electron chi connectivity index (χ4n) is 1.74. The van der Waals surface area contributed by atoms with Crippen molar-refractivity contribution in [3.63, 3.8) is 0 Å². The molecule has 0 aromatic carbocycles. The van der Waals surface area contributed by atoms with Gasteiger partial charge in [-0.2, -0.15) is 0 Å². The molecule has 0 bridgehead atoms. The van der Waals surface area contributed by atoms with Crippen LogP contribution in [-0.4, -0.2) is 119 Å². The van der Waals surface area contributed by atoms with Gasteiger partial charge in [0.25, 0.3) is 0 Å². The maximum atomic E-state index is 10.5. The van der Waals surface area contributed by atoms with Crippen LogP contribution in [-0.2, 0) is 19.2 Å². The number of carboxylic acid groups (broad SMARTS) is 4. The Balaban J connectivity index is -0.00000200. The molecular formula is C11H14Mg2N2O8. The quantitative estimate of drug-likeness (QED) is 0.326. The number of carboxylic acids is 4. The van der Waals surface area contributed by atoms with Gasteiger partial charge in [0, 0.05) is 38.8 Å². The third-order valence-electron chi connectivity index (χ3n) is 2.52. The van der Waals surface area contributed by atoms with Crippen molar-refractivity contribution >= 4 is 70.0 Å². The molecule has 1 atom stereocenters. The van der Waals surface area contributed by atoms with Gasteiger partial charge in [0.1, 0.15) is 0 Å². The minimum Gasteiger partial charge on any atom is -0.549 e. The number of nitrogens with zero attached hydrogens (tertiary/aromatic N) is 2. The monoisotopic (exact) mass is 350 g/mol. The van der Waals surface area contributed by atoms with Crippen LogP contribution in [0.15, 0.2) is 0 Å². The van der Waals surface area contributed by atoms with E-state index in [4.69, 9.17) is 0 Å². The molecule has 0 rings (SSSR count). The van der Waals surface area contributed by atoms with E-state index in [1.54, 1.807) is 0 Å². The number of hydrogen-bond donors (Lipinski definition) is 0. The van der Waals surface area contributed by atoms with Gasteiger partial charge in [0.15, 0.2) is 0 Å². The van der Waals surface area contributed by atoms with Gasteiger partial charge in [0.05, 0.1) is 23.9 Å². The van der Waals surface area contributed by atoms with Crippen LogP contribution < -0.4 is 20.4 Å². The number of aliphatic carboxylic acids is 4. The molecule has 0 saturated carbocycles. The fourth-order valence-corrected chi connectivity index (χ4v) is 1.74. The van der Waals surface area contributed by atoms with Gasteiger partial charge in [-0.3, -0.25) is 9.80 Å². The predicted molar refractivity (Wildman–Crippen MR) is 69.0 cm³/mol. The number of hydrogen-bond acceptors (Lipinski definition) is 10. The molecule has 0 heterocycles. The second-order valence-electron chi connectivity index (χ2n) is 4.41. The average Bonchev–Trinajstić information content (AvgIpc) is 2.24. The van der Waals surface area contributed by atoms with Gasteiger partial charge in [-0.1, -0.05) is 0 Å². The molecule has 0 aliphatic carbocycles. The second-order valence-corrected chi connectivity index (χ2v) is 4.41. The second kappa shape index (κ2) is 13.7. The SMILES string of the molecule is CC(CN(CC(=O)[O-])CC(=O)[O-])N(CC(=O)[O-])CC(=O)[O-].[Mg+2].[Mg+2]. The zero-order valence-electron chi connectivity index (χ0n) is 12.7. The molecule has 10 nitrogen and oxygen atoms in total. The van der Waals surface area contributed by atoms with E-state index in [2.05, 4.69) is 0 Å². The Hall–Kier alpha value is -0.668. The van der Waals surface area contributed by atoms with Crippen molar-refractivity contribution in [1.29, 1.82) is 0 Å². The first kappa shape index (κ1) is 27.2. The number of carbonyl (C=O) groups excluding carboxylic acids is 4. The third kappa shape index (κ3) is 14.6. The van der Waals surface area contributed by atoms with E-state index in [1.165, 1.54) is 6.92 Å². The van der Waals surface area contributed by atoms with E-state index in [1.807, 2.05) is 0 Å². The van der Waals surface area contributed by atoms with Crippen molar-refractivity contribution in [2.75, 3.05) is 32.7 Å². The predicted octanol–water partition coefficient (Wildman–Crippen LogP) is -7.78. The Morgan fingerprint density at radius 2 is 1.04 bits per heavy atom. The summed E-state index contributed by atoms with van der Waals surface area (Å²) in [5.74, 6) is -6.13. The first-order valence-corrected chi connectivity index (χ1v) is 5.87. The summed E-state index contributed by atoms with van der Waals surface area (Å²) >= 11 is 0. The van der Waals surface area contributed by atoms with E-state index in [0.29, 0.717) is 0 Å². The molecule has 0 aromatic rings. The molecule has 0 aromatic heterocycles. The summed E-state index contributed by atoms with van der Waals surface area (Å²) in [6, 6.07) is -0.778. The molecule has 23 heavy (non-hydrogen) atoms. The fraction of sp³-hybridized carbons (Fsp3) is 0.636. The zero-order valence-corrected chi connectivity index (χ0v) is 15.5. The topological polar surface area (TPSA) is 167 Å². The normalized spacial score (nSPS) is 11.3. The van der Waals surface area contributed by atoms with Crippen LogP contribution in [0.1, 0.15) is 6.92 Å². The summed E-state index contributed by atoms with van der Waals surface area (Å²) in [6.45, 7) is -1.70. The maximum Gasteiger partial charge on any atom is 2.00 e. The van der Waals surface area contributed by atoms with E-state index >= 15 is 0 Å². The minimum absolute atomic E-state index is 0. The van der Waals surface area contributed by atoms with Crippen LogP contribution >= 0.6 is 0 Å². The molecular weight excluding hydrogens is 337 g/mol. The Labute approximate surface area is 164 Å². The van der Waals surface area contributed by atoms with Gasteiger partial charge < -0.3 is 39.6 Å². The van der Waals surface area contributed by atoms with Crippen LogP contribution in [0.2, 0.25) is 0 Å². The van der Waals surface area contributed by atoms with Crippen molar-refractivity contribution in [3.8, 4) is 0 Å². The Morgan fingerprint density at radius 3 is 1.30 bits per heavy atom. The maximum absolute atomic E-state index is 10.5. The van der Waals surface area contributed by atoms with Gasteiger partial charge in [-0.25, -0.2) is 0 Å². The summed E-state index contributed by atoms with van der Waals surface area (Å²) in [7, 11) is 0. The molecule has 0 N–H and O–H groups in total. The number of rotatable bonds is 11. The first-order chi connectivity index (χ1) is 9.61. The minimum atomic E-state index is -1.53. The van der Waals surface area contributed by atoms with E-state index in [9.17, 15) is 39.6 Å². The van der Waals surface area contributed by atoms with Gasteiger partial charge in [-0.05, 0) is 6.92 Å². The van der Waals surface area contributed by atoms with Crippen molar-refractivity contribution in [1.82, 2.24) is 9.80 Å². The molecule has 0 aliphatic heterocycles. The van der Waals surface area contributed by atoms with Crippen molar-refractivity contribution in [2.45, 2.75) is 13.0 Å². The van der Waals surface area contributed by atoms with Gasteiger partial charge in [0.2, 0.25) is 0 Å². The molecule has 0 saturated heterocycles. The Morgan fingerprint density at radius 1 is 0.739 bits per heavy atom. The molecule has 120 valence electrons. The molecule has 0 aliphatic rings. The van der Waals surface area contributed by atoms with Gasteiger partial charge in [-0.15, -0.1) is 0 Å². The Kier molecular flexibility index (Phi) is 16.2. The number of carbonyl (C=O) groups is 4. The first-order valence-electron chi connectivity index (χ1n) is 5.87. The van der Waals surface area contributed by atoms with Crippen LogP contribution in [0.25, 0.3) is 0 Å². The van der Waals surface area contributed by atoms with E-state index in [-0.39, 0.29) is 52.7 Å². The van der Waals surface area contributed by atoms with Crippen LogP contribution in [0.3, 0.4) is 0 Å². The standard InChI is InChI=1S/C11H18N2O8.2Mg/c1-7(13(5-10(18)19)6-11(20)21)2-12(3-8(14)15)4-9(16)17;;/h7H,2-6H2,1H3,(H,14,15)(H,16,17)(H,18,19)(H,20,21);;/q;2*+2/p-4. The third-order valence-corrected chi connectivity index (χ3v) is 2.52. The van der Waals surface area contributed by atoms with E-state index in [0.717, 1.165) is 9.80 Å². The van der Waals surface area contributed by atoms with Crippen molar-refractivity contribution in [2.24, 2.45) is 0 Å². The zero-order chi connectivity index (χ0) is 16.6. The summed E-state index contributed by atoms with van der Waals surface area (Å²) < 4.78 is 0. The largest absolute Gasteiger partial charge is 2.00 e. The van der Waals surface area contributed by atoms with E-state index < -0.39 is 56.1 Å². The molecule has 12 heteroatoms. The molecule has 0 amide bonds. The van der Waals surface area contributed by atoms with Crippen LogP contribution in [0, 0.1) is 0 Å².